The quantitative estimate of drug-likeness (QED) is 0.528. The van der Waals surface area contributed by atoms with E-state index in [-0.39, 0.29) is 10.9 Å². The summed E-state index contributed by atoms with van der Waals surface area (Å²) >= 11 is 0. The average Bonchev–Trinajstić information content (AvgIpc) is 3.16. The van der Waals surface area contributed by atoms with E-state index >= 15 is 0 Å². The van der Waals surface area contributed by atoms with Gasteiger partial charge in [-0.25, -0.2) is 17.9 Å². The third kappa shape index (κ3) is 5.20. The first-order chi connectivity index (χ1) is 15.4. The second-order valence-corrected chi connectivity index (χ2v) is 10.0. The highest BCUT2D eigenvalue weighted by atomic mass is 32.2. The van der Waals surface area contributed by atoms with Crippen molar-refractivity contribution in [3.05, 3.63) is 66.4 Å². The summed E-state index contributed by atoms with van der Waals surface area (Å²) in [6, 6.07) is 16.2. The van der Waals surface area contributed by atoms with Crippen LogP contribution >= 0.6 is 0 Å². The molecule has 1 fully saturated rings. The largest absolute Gasteiger partial charge is 0.462 e. The first-order valence-electron chi connectivity index (χ1n) is 10.9. The number of nitrogens with one attached hydrogen (secondary N) is 1. The monoisotopic (exact) mass is 455 g/mol. The van der Waals surface area contributed by atoms with Crippen LogP contribution in [0.4, 0.5) is 0 Å². The standard InChI is InChI=1S/C24H29N3O4S/c1-26-17-22(21-9-5-6-10-23(21)26)24(28)31-18-19-11-14-27(15-12-19)16-13-25-32(29,30)20-7-3-2-4-8-20/h2-10,17,19,25H,11-16,18H2,1H3. The number of benzene rings is 2. The number of likely N-dealkylation sites (tertiary alicyclic amines) is 1. The zero-order valence-corrected chi connectivity index (χ0v) is 19.1. The van der Waals surface area contributed by atoms with Crippen molar-refractivity contribution >= 4 is 26.9 Å². The summed E-state index contributed by atoms with van der Waals surface area (Å²) in [5.41, 5.74) is 1.61. The van der Waals surface area contributed by atoms with Crippen LogP contribution in [0.1, 0.15) is 23.2 Å². The van der Waals surface area contributed by atoms with Crippen LogP contribution in [0.25, 0.3) is 10.9 Å². The van der Waals surface area contributed by atoms with Crippen molar-refractivity contribution in [1.29, 1.82) is 0 Å². The van der Waals surface area contributed by atoms with E-state index in [4.69, 9.17) is 4.74 Å². The predicted molar refractivity (Wildman–Crippen MR) is 124 cm³/mol. The summed E-state index contributed by atoms with van der Waals surface area (Å²) in [6.07, 6.45) is 3.68. The Morgan fingerprint density at radius 1 is 1.06 bits per heavy atom. The second kappa shape index (κ2) is 9.85. The molecule has 4 rings (SSSR count). The minimum absolute atomic E-state index is 0.278. The van der Waals surface area contributed by atoms with Crippen molar-refractivity contribution in [2.75, 3.05) is 32.8 Å². The topological polar surface area (TPSA) is 80.6 Å². The molecule has 0 bridgehead atoms. The van der Waals surface area contributed by atoms with E-state index in [0.717, 1.165) is 36.8 Å². The first-order valence-corrected chi connectivity index (χ1v) is 12.4. The van der Waals surface area contributed by atoms with Crippen molar-refractivity contribution in [1.82, 2.24) is 14.2 Å². The van der Waals surface area contributed by atoms with Crippen LogP contribution in [0.3, 0.4) is 0 Å². The average molecular weight is 456 g/mol. The molecule has 0 aliphatic carbocycles. The van der Waals surface area contributed by atoms with Gasteiger partial charge < -0.3 is 14.2 Å². The first kappa shape index (κ1) is 22.5. The van der Waals surface area contributed by atoms with E-state index in [1.165, 1.54) is 0 Å². The number of hydrogen-bond acceptors (Lipinski definition) is 5. The smallest absolute Gasteiger partial charge is 0.340 e. The Morgan fingerprint density at radius 3 is 2.50 bits per heavy atom. The van der Waals surface area contributed by atoms with Crippen LogP contribution in [0.5, 0.6) is 0 Å². The molecule has 2 heterocycles. The van der Waals surface area contributed by atoms with Crippen LogP contribution in [0.2, 0.25) is 0 Å². The molecule has 0 spiro atoms. The SMILES string of the molecule is Cn1cc(C(=O)OCC2CCN(CCNS(=O)(=O)c3ccccc3)CC2)c2ccccc21. The second-order valence-electron chi connectivity index (χ2n) is 8.27. The van der Waals surface area contributed by atoms with E-state index in [9.17, 15) is 13.2 Å². The predicted octanol–water partition coefficient (Wildman–Crippen LogP) is 3.03. The van der Waals surface area contributed by atoms with Crippen molar-refractivity contribution in [2.24, 2.45) is 13.0 Å². The maximum atomic E-state index is 12.6. The highest BCUT2D eigenvalue weighted by Crippen LogP contribution is 2.22. The summed E-state index contributed by atoms with van der Waals surface area (Å²) in [5, 5.41) is 0.910. The molecule has 0 radical (unpaired) electrons. The molecule has 1 saturated heterocycles. The van der Waals surface area contributed by atoms with Crippen LogP contribution in [0, 0.1) is 5.92 Å². The van der Waals surface area contributed by atoms with Gasteiger partial charge in [-0.2, -0.15) is 0 Å². The zero-order valence-electron chi connectivity index (χ0n) is 18.2. The number of piperidine rings is 1. The Hall–Kier alpha value is -2.68. The number of fused-ring (bicyclic) bond motifs is 1. The fourth-order valence-electron chi connectivity index (χ4n) is 4.17. The summed E-state index contributed by atoms with van der Waals surface area (Å²) in [7, 11) is -1.54. The molecule has 8 heteroatoms. The van der Waals surface area contributed by atoms with E-state index in [2.05, 4.69) is 9.62 Å². The van der Waals surface area contributed by atoms with E-state index < -0.39 is 10.0 Å². The lowest BCUT2D eigenvalue weighted by molar-refractivity contribution is 0.0376. The van der Waals surface area contributed by atoms with Gasteiger partial charge in [-0.3, -0.25) is 0 Å². The van der Waals surface area contributed by atoms with Gasteiger partial charge in [0.05, 0.1) is 17.1 Å². The molecule has 0 unspecified atom stereocenters. The van der Waals surface area contributed by atoms with E-state index in [1.54, 1.807) is 30.3 Å². The molecule has 0 saturated carbocycles. The van der Waals surface area contributed by atoms with Crippen LogP contribution in [0.15, 0.2) is 65.7 Å². The van der Waals surface area contributed by atoms with Gasteiger partial charge in [0.15, 0.2) is 0 Å². The van der Waals surface area contributed by atoms with Gasteiger partial charge in [0, 0.05) is 37.2 Å². The molecule has 1 aromatic heterocycles. The number of sulfonamides is 1. The Bertz CT molecular complexity index is 1170. The summed E-state index contributed by atoms with van der Waals surface area (Å²) in [5.74, 6) is 0.0470. The molecular weight excluding hydrogens is 426 g/mol. The number of rotatable bonds is 8. The fourth-order valence-corrected chi connectivity index (χ4v) is 5.22. The van der Waals surface area contributed by atoms with E-state index in [1.807, 2.05) is 42.1 Å². The molecule has 0 amide bonds. The molecular formula is C24H29N3O4S. The van der Waals surface area contributed by atoms with Crippen LogP contribution in [-0.4, -0.2) is 56.6 Å². The molecule has 3 aromatic rings. The van der Waals surface area contributed by atoms with Crippen molar-refractivity contribution in [2.45, 2.75) is 17.7 Å². The number of aryl methyl sites for hydroxylation is 1. The van der Waals surface area contributed by atoms with Crippen molar-refractivity contribution < 1.29 is 17.9 Å². The maximum Gasteiger partial charge on any atom is 0.340 e. The van der Waals surface area contributed by atoms with Crippen LogP contribution in [-0.2, 0) is 21.8 Å². The number of carbonyl (C=O) groups is 1. The number of nitrogens with zero attached hydrogens (tertiary/aromatic N) is 2. The van der Waals surface area contributed by atoms with Gasteiger partial charge in [-0.15, -0.1) is 0 Å². The minimum Gasteiger partial charge on any atom is -0.462 e. The van der Waals surface area contributed by atoms with Crippen LogP contribution < -0.4 is 4.72 Å². The Balaban J connectivity index is 1.20. The normalized spacial score (nSPS) is 15.8. The fraction of sp³-hybridized carbons (Fsp3) is 0.375. The highest BCUT2D eigenvalue weighted by Gasteiger charge is 2.22. The Morgan fingerprint density at radius 2 is 1.75 bits per heavy atom. The number of aromatic nitrogens is 1. The Kier molecular flexibility index (Phi) is 6.93. The van der Waals surface area contributed by atoms with Gasteiger partial charge in [0.25, 0.3) is 0 Å². The Labute approximate surface area is 189 Å². The van der Waals surface area contributed by atoms with Gasteiger partial charge in [-0.1, -0.05) is 36.4 Å². The third-order valence-corrected chi connectivity index (χ3v) is 7.52. The number of para-hydroxylation sites is 1. The van der Waals surface area contributed by atoms with Gasteiger partial charge in [-0.05, 0) is 50.0 Å². The lowest BCUT2D eigenvalue weighted by Crippen LogP contribution is -2.40. The lowest BCUT2D eigenvalue weighted by atomic mass is 9.98. The number of hydrogen-bond donors (Lipinski definition) is 1. The molecule has 1 aliphatic heterocycles. The number of ether oxygens (including phenoxy) is 1. The maximum absolute atomic E-state index is 12.6. The van der Waals surface area contributed by atoms with E-state index in [0.29, 0.717) is 31.2 Å². The molecule has 0 atom stereocenters. The molecule has 7 nitrogen and oxygen atoms in total. The highest BCUT2D eigenvalue weighted by molar-refractivity contribution is 7.89. The molecule has 2 aromatic carbocycles. The number of esters is 1. The third-order valence-electron chi connectivity index (χ3n) is 6.05. The van der Waals surface area contributed by atoms with Gasteiger partial charge in [0.1, 0.15) is 0 Å². The van der Waals surface area contributed by atoms with Crippen molar-refractivity contribution in [3.63, 3.8) is 0 Å². The molecule has 32 heavy (non-hydrogen) atoms. The number of carbonyl (C=O) groups excluding carboxylic acids is 1. The van der Waals surface area contributed by atoms with Gasteiger partial charge >= 0.3 is 5.97 Å². The molecule has 170 valence electrons. The molecule has 1 aliphatic rings. The lowest BCUT2D eigenvalue weighted by Gasteiger charge is -2.31. The summed E-state index contributed by atoms with van der Waals surface area (Å²) < 4.78 is 34.8. The summed E-state index contributed by atoms with van der Waals surface area (Å²) in [4.78, 5) is 15.2. The van der Waals surface area contributed by atoms with Gasteiger partial charge in [0.2, 0.25) is 10.0 Å². The molecule has 1 N–H and O–H groups in total. The zero-order chi connectivity index (χ0) is 22.6. The summed E-state index contributed by atoms with van der Waals surface area (Å²) in [6.45, 7) is 3.18. The van der Waals surface area contributed by atoms with Crippen molar-refractivity contribution in [3.8, 4) is 0 Å². The minimum atomic E-state index is -3.47.